The van der Waals surface area contributed by atoms with Gasteiger partial charge in [-0.1, -0.05) is 11.6 Å². The number of rotatable bonds is 4. The van der Waals surface area contributed by atoms with Gasteiger partial charge in [-0.3, -0.25) is 4.79 Å². The second kappa shape index (κ2) is 6.39. The van der Waals surface area contributed by atoms with Gasteiger partial charge in [0.15, 0.2) is 0 Å². The van der Waals surface area contributed by atoms with Crippen LogP contribution in [0, 0.1) is 23.1 Å². The van der Waals surface area contributed by atoms with E-state index in [1.807, 2.05) is 6.07 Å². The van der Waals surface area contributed by atoms with Gasteiger partial charge in [-0.05, 0) is 26.0 Å². The molecule has 1 rings (SSSR count). The second-order valence-corrected chi connectivity index (χ2v) is 4.56. The molecule has 0 saturated heterocycles. The number of halogens is 2. The van der Waals surface area contributed by atoms with Crippen LogP contribution in [0.15, 0.2) is 12.1 Å². The second-order valence-electron chi connectivity index (χ2n) is 4.16. The van der Waals surface area contributed by atoms with Gasteiger partial charge >= 0.3 is 0 Å². The lowest BCUT2D eigenvalue weighted by atomic mass is 10.1. The number of amides is 1. The number of phenolic OH excluding ortho intramolecular Hbond substituents is 1. The van der Waals surface area contributed by atoms with Crippen LogP contribution in [0.3, 0.4) is 0 Å². The summed E-state index contributed by atoms with van der Waals surface area (Å²) in [4.78, 5) is 13.5. The van der Waals surface area contributed by atoms with Gasteiger partial charge in [-0.15, -0.1) is 0 Å². The summed E-state index contributed by atoms with van der Waals surface area (Å²) in [7, 11) is 0. The summed E-state index contributed by atoms with van der Waals surface area (Å²) in [5.41, 5.74) is -0.197. The number of nitriles is 1. The molecule has 1 atom stereocenters. The van der Waals surface area contributed by atoms with Crippen LogP contribution in [0.5, 0.6) is 5.75 Å². The van der Waals surface area contributed by atoms with Crippen LogP contribution in [0.4, 0.5) is 4.39 Å². The number of hydrogen-bond donors (Lipinski definition) is 1. The first-order chi connectivity index (χ1) is 8.90. The van der Waals surface area contributed by atoms with Gasteiger partial charge in [0, 0.05) is 13.1 Å². The first-order valence-corrected chi connectivity index (χ1v) is 6.15. The van der Waals surface area contributed by atoms with E-state index in [0.717, 1.165) is 12.1 Å². The predicted octanol–water partition coefficient (Wildman–Crippen LogP) is 2.81. The largest absolute Gasteiger partial charge is 0.506 e. The summed E-state index contributed by atoms with van der Waals surface area (Å²) in [6.45, 7) is 3.96. The Hall–Kier alpha value is -1.80. The van der Waals surface area contributed by atoms with Crippen molar-refractivity contribution in [2.24, 2.45) is 5.92 Å². The molecule has 0 spiro atoms. The van der Waals surface area contributed by atoms with Gasteiger partial charge in [0.25, 0.3) is 5.91 Å². The monoisotopic (exact) mass is 284 g/mol. The van der Waals surface area contributed by atoms with Gasteiger partial charge in [-0.25, -0.2) is 4.39 Å². The lowest BCUT2D eigenvalue weighted by Crippen LogP contribution is -2.34. The van der Waals surface area contributed by atoms with Crippen LogP contribution in [0.2, 0.25) is 5.02 Å². The van der Waals surface area contributed by atoms with E-state index in [1.165, 1.54) is 4.90 Å². The SMILES string of the molecule is CCN(C[C@@H](C)C#N)C(=O)c1cc(F)cc(Cl)c1O. The predicted molar refractivity (Wildman–Crippen MR) is 69.4 cm³/mol. The average Bonchev–Trinajstić information content (AvgIpc) is 2.38. The molecule has 6 heteroatoms. The summed E-state index contributed by atoms with van der Waals surface area (Å²) >= 11 is 5.63. The molecule has 0 aromatic heterocycles. The molecule has 0 aliphatic heterocycles. The summed E-state index contributed by atoms with van der Waals surface area (Å²) in [6, 6.07) is 3.88. The van der Waals surface area contributed by atoms with Crippen LogP contribution in [0.25, 0.3) is 0 Å². The molecular weight excluding hydrogens is 271 g/mol. The maximum Gasteiger partial charge on any atom is 0.257 e. The number of nitrogens with zero attached hydrogens (tertiary/aromatic N) is 2. The zero-order chi connectivity index (χ0) is 14.6. The Morgan fingerprint density at radius 3 is 2.79 bits per heavy atom. The molecule has 102 valence electrons. The Balaban J connectivity index is 3.08. The summed E-state index contributed by atoms with van der Waals surface area (Å²) in [5, 5.41) is 18.3. The molecule has 1 aromatic rings. The number of benzene rings is 1. The van der Waals surface area contributed by atoms with E-state index in [4.69, 9.17) is 16.9 Å². The third-order valence-corrected chi connectivity index (χ3v) is 2.93. The highest BCUT2D eigenvalue weighted by molar-refractivity contribution is 6.32. The van der Waals surface area contributed by atoms with Gasteiger partial charge in [0.2, 0.25) is 0 Å². The first kappa shape index (κ1) is 15.3. The van der Waals surface area contributed by atoms with Crippen LogP contribution in [-0.2, 0) is 0 Å². The Kier molecular flexibility index (Phi) is 5.13. The van der Waals surface area contributed by atoms with Gasteiger partial charge < -0.3 is 10.0 Å². The fraction of sp³-hybridized carbons (Fsp3) is 0.385. The highest BCUT2D eigenvalue weighted by Crippen LogP contribution is 2.29. The third-order valence-electron chi connectivity index (χ3n) is 2.64. The van der Waals surface area contributed by atoms with Crippen molar-refractivity contribution < 1.29 is 14.3 Å². The molecule has 0 fully saturated rings. The van der Waals surface area contributed by atoms with E-state index < -0.39 is 17.5 Å². The van der Waals surface area contributed by atoms with E-state index in [0.29, 0.717) is 6.54 Å². The zero-order valence-electron chi connectivity index (χ0n) is 10.7. The molecule has 0 aliphatic carbocycles. The molecule has 4 nitrogen and oxygen atoms in total. The summed E-state index contributed by atoms with van der Waals surface area (Å²) in [6.07, 6.45) is 0. The minimum absolute atomic E-state index is 0.197. The summed E-state index contributed by atoms with van der Waals surface area (Å²) in [5.74, 6) is -2.05. The minimum atomic E-state index is -0.699. The van der Waals surface area contributed by atoms with Gasteiger partial charge in [0.1, 0.15) is 11.6 Å². The minimum Gasteiger partial charge on any atom is -0.506 e. The Morgan fingerprint density at radius 2 is 2.26 bits per heavy atom. The Morgan fingerprint density at radius 1 is 1.63 bits per heavy atom. The number of carbonyl (C=O) groups excluding carboxylic acids is 1. The van der Waals surface area contributed by atoms with Gasteiger partial charge in [-0.2, -0.15) is 5.26 Å². The lowest BCUT2D eigenvalue weighted by Gasteiger charge is -2.22. The third kappa shape index (κ3) is 3.58. The zero-order valence-corrected chi connectivity index (χ0v) is 11.4. The standard InChI is InChI=1S/C13H14ClFN2O2/c1-3-17(7-8(2)6-16)13(19)10-4-9(15)5-11(14)12(10)18/h4-5,8,18H,3,7H2,1-2H3/t8-/m0/s1. The molecule has 1 amide bonds. The van der Waals surface area contributed by atoms with E-state index >= 15 is 0 Å². The fourth-order valence-corrected chi connectivity index (χ4v) is 1.83. The van der Waals surface area contributed by atoms with E-state index in [-0.39, 0.29) is 23.0 Å². The molecule has 0 radical (unpaired) electrons. The van der Waals surface area contributed by atoms with Crippen LogP contribution >= 0.6 is 11.6 Å². The van der Waals surface area contributed by atoms with Crippen molar-refractivity contribution in [3.63, 3.8) is 0 Å². The van der Waals surface area contributed by atoms with Crippen molar-refractivity contribution in [2.75, 3.05) is 13.1 Å². The smallest absolute Gasteiger partial charge is 0.257 e. The fourth-order valence-electron chi connectivity index (χ4n) is 1.63. The van der Waals surface area contributed by atoms with Crippen LogP contribution < -0.4 is 0 Å². The van der Waals surface area contributed by atoms with Crippen LogP contribution in [-0.4, -0.2) is 29.0 Å². The molecular formula is C13H14ClFN2O2. The maximum atomic E-state index is 13.2. The normalized spacial score (nSPS) is 11.7. The Bertz CT molecular complexity index is 528. The first-order valence-electron chi connectivity index (χ1n) is 5.77. The number of phenols is 1. The van der Waals surface area contributed by atoms with Crippen molar-refractivity contribution in [3.8, 4) is 11.8 Å². The number of carbonyl (C=O) groups is 1. The molecule has 0 saturated carbocycles. The molecule has 1 N–H and O–H groups in total. The summed E-state index contributed by atoms with van der Waals surface area (Å²) < 4.78 is 13.2. The van der Waals surface area contributed by atoms with Crippen LogP contribution in [0.1, 0.15) is 24.2 Å². The molecule has 0 bridgehead atoms. The topological polar surface area (TPSA) is 64.3 Å². The Labute approximate surface area is 116 Å². The van der Waals surface area contributed by atoms with Gasteiger partial charge in [0.05, 0.1) is 22.6 Å². The highest BCUT2D eigenvalue weighted by atomic mass is 35.5. The lowest BCUT2D eigenvalue weighted by molar-refractivity contribution is 0.0749. The van der Waals surface area contributed by atoms with Crippen molar-refractivity contribution in [3.05, 3.63) is 28.5 Å². The molecule has 0 aliphatic rings. The van der Waals surface area contributed by atoms with E-state index in [1.54, 1.807) is 13.8 Å². The quantitative estimate of drug-likeness (QED) is 0.924. The van der Waals surface area contributed by atoms with Crippen molar-refractivity contribution in [2.45, 2.75) is 13.8 Å². The van der Waals surface area contributed by atoms with Crippen molar-refractivity contribution in [1.29, 1.82) is 5.26 Å². The number of aromatic hydroxyl groups is 1. The van der Waals surface area contributed by atoms with Crippen molar-refractivity contribution in [1.82, 2.24) is 4.90 Å². The average molecular weight is 285 g/mol. The maximum absolute atomic E-state index is 13.2. The van der Waals surface area contributed by atoms with E-state index in [2.05, 4.69) is 0 Å². The molecule has 0 unspecified atom stereocenters. The number of hydrogen-bond acceptors (Lipinski definition) is 3. The molecule has 1 aromatic carbocycles. The van der Waals surface area contributed by atoms with E-state index in [9.17, 15) is 14.3 Å². The molecule has 0 heterocycles. The van der Waals surface area contributed by atoms with Crippen molar-refractivity contribution >= 4 is 17.5 Å². The highest BCUT2D eigenvalue weighted by Gasteiger charge is 2.22. The molecule has 19 heavy (non-hydrogen) atoms.